The van der Waals surface area contributed by atoms with Crippen molar-refractivity contribution in [2.75, 3.05) is 19.6 Å². The van der Waals surface area contributed by atoms with Gasteiger partial charge in [0.05, 0.1) is 5.92 Å². The van der Waals surface area contributed by atoms with E-state index in [1.165, 1.54) is 25.7 Å². The first-order chi connectivity index (χ1) is 8.16. The number of amides is 1. The van der Waals surface area contributed by atoms with Crippen LogP contribution in [0.1, 0.15) is 39.5 Å². The van der Waals surface area contributed by atoms with Crippen LogP contribution >= 0.6 is 0 Å². The van der Waals surface area contributed by atoms with Crippen molar-refractivity contribution in [1.82, 2.24) is 10.6 Å². The van der Waals surface area contributed by atoms with Gasteiger partial charge in [-0.25, -0.2) is 0 Å². The van der Waals surface area contributed by atoms with Gasteiger partial charge in [-0.3, -0.25) is 4.79 Å². The molecule has 17 heavy (non-hydrogen) atoms. The summed E-state index contributed by atoms with van der Waals surface area (Å²) in [6.45, 7) is 7.23. The Morgan fingerprint density at radius 1 is 1.29 bits per heavy atom. The lowest BCUT2D eigenvalue weighted by Gasteiger charge is -2.27. The molecule has 3 nitrogen and oxygen atoms in total. The van der Waals surface area contributed by atoms with Crippen LogP contribution in [-0.4, -0.2) is 25.5 Å². The van der Waals surface area contributed by atoms with Crippen LogP contribution < -0.4 is 10.6 Å². The number of nitrogens with one attached hydrogen (secondary N) is 2. The molecule has 0 spiro atoms. The largest absolute Gasteiger partial charge is 0.356 e. The summed E-state index contributed by atoms with van der Waals surface area (Å²) in [6.07, 6.45) is 5.29. The highest BCUT2D eigenvalue weighted by atomic mass is 16.1. The Balaban J connectivity index is 1.72. The highest BCUT2D eigenvalue weighted by Crippen LogP contribution is 2.28. The molecule has 0 bridgehead atoms. The molecule has 2 unspecified atom stereocenters. The Morgan fingerprint density at radius 2 is 2.12 bits per heavy atom. The minimum Gasteiger partial charge on any atom is -0.356 e. The SMILES string of the molecule is CC1CCCC(CNC(=O)[C@@H]2CNC[C@H]2C)C1. The second kappa shape index (κ2) is 5.85. The predicted molar refractivity (Wildman–Crippen MR) is 69.7 cm³/mol. The van der Waals surface area contributed by atoms with Crippen LogP contribution in [0.3, 0.4) is 0 Å². The van der Waals surface area contributed by atoms with Crippen molar-refractivity contribution in [2.45, 2.75) is 39.5 Å². The van der Waals surface area contributed by atoms with Crippen molar-refractivity contribution in [3.8, 4) is 0 Å². The molecule has 2 rings (SSSR count). The topological polar surface area (TPSA) is 41.1 Å². The summed E-state index contributed by atoms with van der Waals surface area (Å²) < 4.78 is 0. The zero-order valence-corrected chi connectivity index (χ0v) is 11.2. The van der Waals surface area contributed by atoms with E-state index in [-0.39, 0.29) is 11.8 Å². The Morgan fingerprint density at radius 3 is 2.76 bits per heavy atom. The maximum Gasteiger partial charge on any atom is 0.224 e. The first kappa shape index (κ1) is 12.9. The third kappa shape index (κ3) is 3.44. The quantitative estimate of drug-likeness (QED) is 0.787. The zero-order valence-electron chi connectivity index (χ0n) is 11.2. The fourth-order valence-electron chi connectivity index (χ4n) is 3.28. The summed E-state index contributed by atoms with van der Waals surface area (Å²) >= 11 is 0. The molecule has 0 aromatic carbocycles. The fraction of sp³-hybridized carbons (Fsp3) is 0.929. The van der Waals surface area contributed by atoms with Crippen molar-refractivity contribution >= 4 is 5.91 Å². The number of rotatable bonds is 3. The van der Waals surface area contributed by atoms with Gasteiger partial charge in [-0.2, -0.15) is 0 Å². The van der Waals surface area contributed by atoms with Crippen molar-refractivity contribution in [3.63, 3.8) is 0 Å². The van der Waals surface area contributed by atoms with Crippen LogP contribution in [0.2, 0.25) is 0 Å². The van der Waals surface area contributed by atoms with Crippen molar-refractivity contribution < 1.29 is 4.79 Å². The second-order valence-corrected chi connectivity index (χ2v) is 6.12. The summed E-state index contributed by atoms with van der Waals surface area (Å²) in [5.41, 5.74) is 0. The van der Waals surface area contributed by atoms with E-state index in [0.29, 0.717) is 11.8 Å². The predicted octanol–water partition coefficient (Wildman–Crippen LogP) is 1.78. The summed E-state index contributed by atoms with van der Waals surface area (Å²) in [5, 5.41) is 6.45. The van der Waals surface area contributed by atoms with Crippen LogP contribution in [0, 0.1) is 23.7 Å². The molecule has 0 radical (unpaired) electrons. The van der Waals surface area contributed by atoms with Gasteiger partial charge in [0.2, 0.25) is 5.91 Å². The molecule has 2 N–H and O–H groups in total. The molecule has 1 aliphatic carbocycles. The monoisotopic (exact) mass is 238 g/mol. The van der Waals surface area contributed by atoms with E-state index < -0.39 is 0 Å². The average Bonchev–Trinajstić information content (AvgIpc) is 2.72. The third-order valence-electron chi connectivity index (χ3n) is 4.46. The molecule has 2 aliphatic rings. The Kier molecular flexibility index (Phi) is 4.43. The first-order valence-corrected chi connectivity index (χ1v) is 7.15. The molecule has 3 heteroatoms. The summed E-state index contributed by atoms with van der Waals surface area (Å²) in [7, 11) is 0. The molecule has 4 atom stereocenters. The molecular weight excluding hydrogens is 212 g/mol. The van der Waals surface area contributed by atoms with Crippen molar-refractivity contribution in [2.24, 2.45) is 23.7 Å². The molecule has 98 valence electrons. The minimum absolute atomic E-state index is 0.191. The molecular formula is C14H26N2O. The Labute approximate surface area is 105 Å². The smallest absolute Gasteiger partial charge is 0.224 e. The second-order valence-electron chi connectivity index (χ2n) is 6.12. The van der Waals surface area contributed by atoms with E-state index in [2.05, 4.69) is 24.5 Å². The van der Waals surface area contributed by atoms with E-state index in [1.54, 1.807) is 0 Å². The lowest BCUT2D eigenvalue weighted by molar-refractivity contribution is -0.125. The maximum atomic E-state index is 12.0. The normalized spacial score (nSPS) is 38.0. The summed E-state index contributed by atoms with van der Waals surface area (Å²) in [6, 6.07) is 0. The highest BCUT2D eigenvalue weighted by molar-refractivity contribution is 5.79. The number of hydrogen-bond donors (Lipinski definition) is 2. The van der Waals surface area contributed by atoms with E-state index in [4.69, 9.17) is 0 Å². The van der Waals surface area contributed by atoms with Crippen LogP contribution in [0.15, 0.2) is 0 Å². The van der Waals surface area contributed by atoms with Gasteiger partial charge in [0, 0.05) is 13.1 Å². The fourth-order valence-corrected chi connectivity index (χ4v) is 3.28. The molecule has 1 heterocycles. The van der Waals surface area contributed by atoms with Crippen molar-refractivity contribution in [3.05, 3.63) is 0 Å². The zero-order chi connectivity index (χ0) is 12.3. The van der Waals surface area contributed by atoms with Gasteiger partial charge >= 0.3 is 0 Å². The lowest BCUT2D eigenvalue weighted by Crippen LogP contribution is -2.38. The minimum atomic E-state index is 0.191. The van der Waals surface area contributed by atoms with E-state index in [9.17, 15) is 4.79 Å². The highest BCUT2D eigenvalue weighted by Gasteiger charge is 2.30. The average molecular weight is 238 g/mol. The van der Waals surface area contributed by atoms with Crippen molar-refractivity contribution in [1.29, 1.82) is 0 Å². The summed E-state index contributed by atoms with van der Waals surface area (Å²) in [4.78, 5) is 12.0. The standard InChI is InChI=1S/C14H26N2O/c1-10-4-3-5-12(6-10)8-16-14(17)13-9-15-7-11(13)2/h10-13,15H,3-9H2,1-2H3,(H,16,17)/t10?,11-,12?,13-/m1/s1. The molecule has 1 aliphatic heterocycles. The number of carbonyl (C=O) groups is 1. The van der Waals surface area contributed by atoms with E-state index >= 15 is 0 Å². The molecule has 1 saturated carbocycles. The molecule has 0 aromatic heterocycles. The number of carbonyl (C=O) groups excluding carboxylic acids is 1. The van der Waals surface area contributed by atoms with Gasteiger partial charge in [0.25, 0.3) is 0 Å². The Bertz CT molecular complexity index is 267. The van der Waals surface area contributed by atoms with Gasteiger partial charge in [0.15, 0.2) is 0 Å². The molecule has 2 fully saturated rings. The van der Waals surface area contributed by atoms with E-state index in [0.717, 1.165) is 25.6 Å². The third-order valence-corrected chi connectivity index (χ3v) is 4.46. The molecule has 0 aromatic rings. The van der Waals surface area contributed by atoms with Gasteiger partial charge in [-0.15, -0.1) is 0 Å². The van der Waals surface area contributed by atoms with Gasteiger partial charge in [-0.1, -0.05) is 26.7 Å². The molecule has 1 amide bonds. The van der Waals surface area contributed by atoms with Crippen LogP contribution in [-0.2, 0) is 4.79 Å². The lowest BCUT2D eigenvalue weighted by atomic mass is 9.82. The van der Waals surface area contributed by atoms with Gasteiger partial charge in [0.1, 0.15) is 0 Å². The maximum absolute atomic E-state index is 12.0. The van der Waals surface area contributed by atoms with Gasteiger partial charge in [-0.05, 0) is 37.1 Å². The van der Waals surface area contributed by atoms with Crippen LogP contribution in [0.4, 0.5) is 0 Å². The van der Waals surface area contributed by atoms with Crippen LogP contribution in [0.5, 0.6) is 0 Å². The Hall–Kier alpha value is -0.570. The van der Waals surface area contributed by atoms with E-state index in [1.807, 2.05) is 0 Å². The molecule has 1 saturated heterocycles. The van der Waals surface area contributed by atoms with Gasteiger partial charge < -0.3 is 10.6 Å². The van der Waals surface area contributed by atoms with Crippen LogP contribution in [0.25, 0.3) is 0 Å². The first-order valence-electron chi connectivity index (χ1n) is 7.15. The number of hydrogen-bond acceptors (Lipinski definition) is 2. The summed E-state index contributed by atoms with van der Waals surface area (Å²) in [5.74, 6) is 2.50.